The molecule has 14 N–H and O–H groups in total. The summed E-state index contributed by atoms with van der Waals surface area (Å²) in [6.45, 7) is -0.409. The highest BCUT2D eigenvalue weighted by molar-refractivity contribution is 5.73. The lowest BCUT2D eigenvalue weighted by Crippen LogP contribution is -2.70. The molecule has 19 atom stereocenters. The van der Waals surface area contributed by atoms with E-state index in [1.807, 2.05) is 0 Å². The fourth-order valence-electron chi connectivity index (χ4n) is 5.87. The summed E-state index contributed by atoms with van der Waals surface area (Å²) in [4.78, 5) is 24.4. The zero-order valence-electron chi connectivity index (χ0n) is 27.4. The van der Waals surface area contributed by atoms with Gasteiger partial charge in [-0.25, -0.2) is 0 Å². The van der Waals surface area contributed by atoms with Gasteiger partial charge in [0.1, 0.15) is 91.4 Å². The van der Waals surface area contributed by atoms with E-state index < -0.39 is 155 Å². The van der Waals surface area contributed by atoms with Gasteiger partial charge in [-0.3, -0.25) is 9.59 Å². The number of nitrogens with one attached hydrogen (secondary N) is 2. The third kappa shape index (κ3) is 9.80. The Balaban J connectivity index is 2.02. The Bertz CT molecular complexity index is 1080. The second-order valence-corrected chi connectivity index (χ2v) is 12.4. The third-order valence-corrected chi connectivity index (χ3v) is 8.64. The molecule has 22 heteroatoms. The lowest BCUT2D eigenvalue weighted by Gasteiger charge is -2.49. The van der Waals surface area contributed by atoms with Crippen molar-refractivity contribution >= 4 is 11.8 Å². The first kappa shape index (κ1) is 42.6. The first-order valence-electron chi connectivity index (χ1n) is 15.9. The van der Waals surface area contributed by atoms with Crippen LogP contribution in [0.2, 0.25) is 0 Å². The first-order chi connectivity index (χ1) is 23.5. The van der Waals surface area contributed by atoms with Crippen LogP contribution in [0, 0.1) is 0 Å². The molecule has 3 heterocycles. The minimum atomic E-state index is -2.14. The van der Waals surface area contributed by atoms with E-state index in [-0.39, 0.29) is 0 Å². The predicted molar refractivity (Wildman–Crippen MR) is 158 cm³/mol. The van der Waals surface area contributed by atoms with Crippen LogP contribution in [0.5, 0.6) is 0 Å². The van der Waals surface area contributed by atoms with Crippen molar-refractivity contribution in [2.24, 2.45) is 0 Å². The lowest BCUT2D eigenvalue weighted by atomic mass is 9.94. The maximum absolute atomic E-state index is 12.4. The van der Waals surface area contributed by atoms with Crippen LogP contribution >= 0.6 is 0 Å². The molecule has 0 spiro atoms. The normalized spacial score (nSPS) is 41.9. The molecule has 0 aromatic rings. The molecule has 3 saturated heterocycles. The van der Waals surface area contributed by atoms with Crippen molar-refractivity contribution in [1.82, 2.24) is 10.6 Å². The topological polar surface area (TPSA) is 356 Å². The van der Waals surface area contributed by atoms with Crippen molar-refractivity contribution in [3.05, 3.63) is 0 Å². The number of aliphatic hydroxyl groups excluding tert-OH is 12. The summed E-state index contributed by atoms with van der Waals surface area (Å²) in [6, 6.07) is -3.18. The van der Waals surface area contributed by atoms with E-state index in [1.165, 1.54) is 6.92 Å². The number of hydrogen-bond acceptors (Lipinski definition) is 20. The standard InChI is InChI=1S/C28H50N2O20/c1-8-17(38)22(43)23(44)28(45-8)48-14(7-34)24(18(39)11(37)4-31)49-27-16(30-10(3)36)25(20(41)13(6-33)47-27)50-26-15(29-9(2)35)21(42)19(40)12(5-32)46-26/h8,11-28,31-34,37-44H,4-7H2,1-3H3,(H,29,35)(H,30,36)/t8-,11+,12+,13+,14-,15+,16+,17+,18-,19+,20-,21+,22+,23-,24+,25+,26+,27+,28-/m0/s1. The molecule has 0 aliphatic carbocycles. The van der Waals surface area contributed by atoms with Crippen LogP contribution < -0.4 is 10.6 Å². The van der Waals surface area contributed by atoms with Crippen LogP contribution in [-0.4, -0.2) is 216 Å². The van der Waals surface area contributed by atoms with Crippen LogP contribution in [-0.2, 0) is 38.0 Å². The van der Waals surface area contributed by atoms with Crippen molar-refractivity contribution in [2.45, 2.75) is 137 Å². The molecule has 3 aliphatic rings. The molecule has 3 fully saturated rings. The van der Waals surface area contributed by atoms with Crippen molar-refractivity contribution in [3.63, 3.8) is 0 Å². The Morgan fingerprint density at radius 3 is 1.76 bits per heavy atom. The Kier molecular flexibility index (Phi) is 16.0. The van der Waals surface area contributed by atoms with Gasteiger partial charge in [-0.15, -0.1) is 0 Å². The fourth-order valence-corrected chi connectivity index (χ4v) is 5.87. The number of hydrogen-bond donors (Lipinski definition) is 14. The number of ether oxygens (including phenoxy) is 6. The monoisotopic (exact) mass is 734 g/mol. The molecule has 0 bridgehead atoms. The fraction of sp³-hybridized carbons (Fsp3) is 0.929. The average molecular weight is 735 g/mol. The Morgan fingerprint density at radius 1 is 0.660 bits per heavy atom. The maximum Gasteiger partial charge on any atom is 0.217 e. The molecule has 50 heavy (non-hydrogen) atoms. The van der Waals surface area contributed by atoms with Gasteiger partial charge in [-0.1, -0.05) is 0 Å². The highest BCUT2D eigenvalue weighted by Crippen LogP contribution is 2.32. The largest absolute Gasteiger partial charge is 0.394 e. The minimum Gasteiger partial charge on any atom is -0.394 e. The molecule has 3 aliphatic heterocycles. The second kappa shape index (κ2) is 18.8. The third-order valence-electron chi connectivity index (χ3n) is 8.64. The zero-order valence-corrected chi connectivity index (χ0v) is 27.4. The van der Waals surface area contributed by atoms with Crippen molar-refractivity contribution < 1.29 is 99.3 Å². The average Bonchev–Trinajstić information content (AvgIpc) is 3.08. The number of carbonyl (C=O) groups is 2. The summed E-state index contributed by atoms with van der Waals surface area (Å²) in [5.74, 6) is -1.50. The summed E-state index contributed by atoms with van der Waals surface area (Å²) in [7, 11) is 0. The zero-order chi connectivity index (χ0) is 37.6. The van der Waals surface area contributed by atoms with Gasteiger partial charge < -0.3 is 100 Å². The van der Waals surface area contributed by atoms with Gasteiger partial charge in [0.15, 0.2) is 18.9 Å². The molecular weight excluding hydrogens is 684 g/mol. The van der Waals surface area contributed by atoms with Gasteiger partial charge in [-0.05, 0) is 6.92 Å². The number of amides is 2. The number of carbonyl (C=O) groups excluding carboxylic acids is 2. The smallest absolute Gasteiger partial charge is 0.217 e. The van der Waals surface area contributed by atoms with E-state index in [9.17, 15) is 70.9 Å². The quantitative estimate of drug-likeness (QED) is 0.0742. The molecule has 0 aromatic carbocycles. The van der Waals surface area contributed by atoms with Crippen LogP contribution in [0.1, 0.15) is 20.8 Å². The maximum atomic E-state index is 12.4. The SMILES string of the molecule is CC(=O)N[C@H]1[C@@H](O[C@H]2[C@@H](O)[C@@H](CO)O[C@H](O[C@@H]([C@@H](O)[C@H](O)CO)[C@H](CO)O[C@@H]3O[C@@H](C)[C@@H](O)[C@@H](O)[C@@H]3O)[C@@H]2NC(C)=O)O[C@H](CO)[C@@H](O)[C@@H]1O. The molecule has 2 amide bonds. The molecular formula is C28H50N2O20. The minimum absolute atomic E-state index is 0.709. The van der Waals surface area contributed by atoms with E-state index >= 15 is 0 Å². The first-order valence-corrected chi connectivity index (χ1v) is 15.9. The van der Waals surface area contributed by atoms with Gasteiger partial charge in [0.25, 0.3) is 0 Å². The molecule has 0 saturated carbocycles. The Hall–Kier alpha value is -1.78. The lowest BCUT2D eigenvalue weighted by molar-refractivity contribution is -0.351. The van der Waals surface area contributed by atoms with Crippen molar-refractivity contribution in [2.75, 3.05) is 26.4 Å². The molecule has 0 radical (unpaired) electrons. The summed E-state index contributed by atoms with van der Waals surface area (Å²) in [5, 5.41) is 129. The van der Waals surface area contributed by atoms with Crippen molar-refractivity contribution in [1.29, 1.82) is 0 Å². The summed E-state index contributed by atoms with van der Waals surface area (Å²) in [6.07, 6.45) is -29.7. The van der Waals surface area contributed by atoms with Gasteiger partial charge >= 0.3 is 0 Å². The van der Waals surface area contributed by atoms with E-state index in [1.54, 1.807) is 0 Å². The molecule has 3 rings (SSSR count). The van der Waals surface area contributed by atoms with Gasteiger partial charge in [0.2, 0.25) is 11.8 Å². The number of aliphatic hydroxyl groups is 12. The molecule has 0 unspecified atom stereocenters. The van der Waals surface area contributed by atoms with Gasteiger partial charge in [0, 0.05) is 13.8 Å². The van der Waals surface area contributed by atoms with Crippen LogP contribution in [0.4, 0.5) is 0 Å². The molecule has 22 nitrogen and oxygen atoms in total. The Morgan fingerprint density at radius 2 is 1.22 bits per heavy atom. The van der Waals surface area contributed by atoms with Crippen molar-refractivity contribution in [3.8, 4) is 0 Å². The van der Waals surface area contributed by atoms with Gasteiger partial charge in [-0.2, -0.15) is 0 Å². The van der Waals surface area contributed by atoms with E-state index in [2.05, 4.69) is 10.6 Å². The summed E-state index contributed by atoms with van der Waals surface area (Å²) in [5.41, 5.74) is 0. The molecule has 0 aromatic heterocycles. The summed E-state index contributed by atoms with van der Waals surface area (Å²) >= 11 is 0. The number of rotatable bonds is 15. The van der Waals surface area contributed by atoms with Crippen LogP contribution in [0.15, 0.2) is 0 Å². The Labute approximate surface area is 285 Å². The predicted octanol–water partition coefficient (Wildman–Crippen LogP) is -8.80. The van der Waals surface area contributed by atoms with E-state index in [4.69, 9.17) is 28.4 Å². The highest BCUT2D eigenvalue weighted by Gasteiger charge is 2.54. The summed E-state index contributed by atoms with van der Waals surface area (Å²) < 4.78 is 34.2. The van der Waals surface area contributed by atoms with Crippen LogP contribution in [0.3, 0.4) is 0 Å². The highest BCUT2D eigenvalue weighted by atomic mass is 16.7. The van der Waals surface area contributed by atoms with Gasteiger partial charge in [0.05, 0.1) is 32.5 Å². The van der Waals surface area contributed by atoms with Crippen LogP contribution in [0.25, 0.3) is 0 Å². The molecule has 292 valence electrons. The van der Waals surface area contributed by atoms with E-state index in [0.29, 0.717) is 0 Å². The van der Waals surface area contributed by atoms with E-state index in [0.717, 1.165) is 13.8 Å². The second-order valence-electron chi connectivity index (χ2n) is 12.4.